The third kappa shape index (κ3) is 3.65. The molecule has 0 atom stereocenters. The topological polar surface area (TPSA) is 54.3 Å². The van der Waals surface area contributed by atoms with Gasteiger partial charge >= 0.3 is 0 Å². The van der Waals surface area contributed by atoms with Gasteiger partial charge in [-0.15, -0.1) is 0 Å². The second-order valence-corrected chi connectivity index (χ2v) is 6.42. The van der Waals surface area contributed by atoms with Crippen LogP contribution in [0.25, 0.3) is 5.69 Å². The molecule has 1 amide bonds. The lowest BCUT2D eigenvalue weighted by Gasteiger charge is -2.34. The molecule has 0 aliphatic carbocycles. The maximum atomic E-state index is 12.7. The Balaban J connectivity index is 1.34. The summed E-state index contributed by atoms with van der Waals surface area (Å²) in [5, 5.41) is 4.21. The zero-order valence-electron chi connectivity index (χ0n) is 14.5. The molecule has 3 aromatic rings. The highest BCUT2D eigenvalue weighted by atomic mass is 16.2. The van der Waals surface area contributed by atoms with Gasteiger partial charge in [-0.25, -0.2) is 4.68 Å². The molecule has 132 valence electrons. The van der Waals surface area contributed by atoms with E-state index >= 15 is 0 Å². The Labute approximate surface area is 152 Å². The molecule has 6 nitrogen and oxygen atoms in total. The molecular weight excluding hydrogens is 326 g/mol. The minimum absolute atomic E-state index is 0.0978. The van der Waals surface area contributed by atoms with Gasteiger partial charge in [0.1, 0.15) is 0 Å². The van der Waals surface area contributed by atoms with Crippen LogP contribution in [0.15, 0.2) is 67.3 Å². The smallest absolute Gasteiger partial charge is 0.253 e. The minimum Gasteiger partial charge on any atom is -0.336 e. The predicted molar refractivity (Wildman–Crippen MR) is 99.0 cm³/mol. The highest BCUT2D eigenvalue weighted by Gasteiger charge is 2.22. The van der Waals surface area contributed by atoms with E-state index in [0.29, 0.717) is 0 Å². The molecule has 1 saturated heterocycles. The van der Waals surface area contributed by atoms with Crippen molar-refractivity contribution in [2.24, 2.45) is 0 Å². The number of benzene rings is 1. The van der Waals surface area contributed by atoms with Crippen molar-refractivity contribution in [2.45, 2.75) is 6.54 Å². The van der Waals surface area contributed by atoms with E-state index in [1.54, 1.807) is 10.9 Å². The van der Waals surface area contributed by atoms with Crippen molar-refractivity contribution in [3.8, 4) is 5.69 Å². The first-order valence-electron chi connectivity index (χ1n) is 8.80. The SMILES string of the molecule is O=C(c1ccc(-n2cccn2)cc1)N1CCN(Cc2ccncc2)CC1. The number of nitrogens with zero attached hydrogens (tertiary/aromatic N) is 5. The normalized spacial score (nSPS) is 15.2. The van der Waals surface area contributed by atoms with Crippen molar-refractivity contribution in [3.63, 3.8) is 0 Å². The van der Waals surface area contributed by atoms with E-state index in [1.165, 1.54) is 5.56 Å². The third-order valence-corrected chi connectivity index (χ3v) is 4.70. The largest absolute Gasteiger partial charge is 0.336 e. The Morgan fingerprint density at radius 3 is 2.31 bits per heavy atom. The van der Waals surface area contributed by atoms with E-state index in [2.05, 4.69) is 15.0 Å². The molecule has 0 radical (unpaired) electrons. The van der Waals surface area contributed by atoms with Gasteiger partial charge in [-0.3, -0.25) is 14.7 Å². The van der Waals surface area contributed by atoms with Crippen LogP contribution in [-0.4, -0.2) is 56.7 Å². The first-order valence-corrected chi connectivity index (χ1v) is 8.80. The van der Waals surface area contributed by atoms with Crippen LogP contribution in [0, 0.1) is 0 Å². The van der Waals surface area contributed by atoms with E-state index in [1.807, 2.05) is 66.0 Å². The number of pyridine rings is 1. The van der Waals surface area contributed by atoms with Crippen LogP contribution in [0.5, 0.6) is 0 Å². The fraction of sp³-hybridized carbons (Fsp3) is 0.250. The highest BCUT2D eigenvalue weighted by Crippen LogP contribution is 2.13. The molecule has 6 heteroatoms. The summed E-state index contributed by atoms with van der Waals surface area (Å²) in [4.78, 5) is 21.1. The van der Waals surface area contributed by atoms with Gasteiger partial charge in [-0.1, -0.05) is 0 Å². The van der Waals surface area contributed by atoms with E-state index in [0.717, 1.165) is 44.0 Å². The molecule has 0 bridgehead atoms. The minimum atomic E-state index is 0.0978. The molecule has 4 rings (SSSR count). The molecule has 26 heavy (non-hydrogen) atoms. The van der Waals surface area contributed by atoms with Gasteiger partial charge in [0.05, 0.1) is 5.69 Å². The van der Waals surface area contributed by atoms with Crippen molar-refractivity contribution in [3.05, 3.63) is 78.4 Å². The summed E-state index contributed by atoms with van der Waals surface area (Å²) in [5.74, 6) is 0.0978. The van der Waals surface area contributed by atoms with Crippen LogP contribution in [0.3, 0.4) is 0 Å². The summed E-state index contributed by atoms with van der Waals surface area (Å²) in [7, 11) is 0. The summed E-state index contributed by atoms with van der Waals surface area (Å²) >= 11 is 0. The maximum absolute atomic E-state index is 12.7. The number of hydrogen-bond acceptors (Lipinski definition) is 4. The summed E-state index contributed by atoms with van der Waals surface area (Å²) in [6, 6.07) is 13.6. The average Bonchev–Trinajstić information content (AvgIpc) is 3.24. The van der Waals surface area contributed by atoms with Gasteiger partial charge in [-0.05, 0) is 48.0 Å². The third-order valence-electron chi connectivity index (χ3n) is 4.70. The zero-order chi connectivity index (χ0) is 17.8. The van der Waals surface area contributed by atoms with E-state index in [9.17, 15) is 4.79 Å². The highest BCUT2D eigenvalue weighted by molar-refractivity contribution is 5.94. The van der Waals surface area contributed by atoms with Crippen LogP contribution in [0.4, 0.5) is 0 Å². The van der Waals surface area contributed by atoms with Crippen molar-refractivity contribution >= 4 is 5.91 Å². The van der Waals surface area contributed by atoms with Crippen LogP contribution >= 0.6 is 0 Å². The Morgan fingerprint density at radius 1 is 0.923 bits per heavy atom. The number of carbonyl (C=O) groups is 1. The van der Waals surface area contributed by atoms with Crippen LogP contribution in [0.1, 0.15) is 15.9 Å². The molecule has 1 aromatic carbocycles. The molecule has 3 heterocycles. The fourth-order valence-corrected chi connectivity index (χ4v) is 3.22. The van der Waals surface area contributed by atoms with Gasteiger partial charge in [0.2, 0.25) is 0 Å². The van der Waals surface area contributed by atoms with E-state index in [-0.39, 0.29) is 5.91 Å². The van der Waals surface area contributed by atoms with Gasteiger partial charge in [0.25, 0.3) is 5.91 Å². The number of aromatic nitrogens is 3. The molecule has 0 saturated carbocycles. The molecule has 0 spiro atoms. The lowest BCUT2D eigenvalue weighted by atomic mass is 10.1. The molecule has 1 aliphatic rings. The van der Waals surface area contributed by atoms with Crippen molar-refractivity contribution < 1.29 is 4.79 Å². The standard InChI is InChI=1S/C20H21N5O/c26-20(18-2-4-19(5-3-18)25-11-1-8-22-25)24-14-12-23(13-15-24)16-17-6-9-21-10-7-17/h1-11H,12-16H2. The van der Waals surface area contributed by atoms with Gasteiger partial charge in [0.15, 0.2) is 0 Å². The molecule has 1 aliphatic heterocycles. The quantitative estimate of drug-likeness (QED) is 0.726. The van der Waals surface area contributed by atoms with E-state index in [4.69, 9.17) is 0 Å². The number of rotatable bonds is 4. The van der Waals surface area contributed by atoms with Gasteiger partial charge < -0.3 is 4.90 Å². The van der Waals surface area contributed by atoms with Crippen molar-refractivity contribution in [2.75, 3.05) is 26.2 Å². The Bertz CT molecular complexity index is 838. The van der Waals surface area contributed by atoms with Crippen LogP contribution in [0.2, 0.25) is 0 Å². The summed E-state index contributed by atoms with van der Waals surface area (Å²) in [6.45, 7) is 4.19. The Morgan fingerprint density at radius 2 is 1.65 bits per heavy atom. The number of amides is 1. The molecule has 1 fully saturated rings. The first-order chi connectivity index (χ1) is 12.8. The Kier molecular flexibility index (Phi) is 4.75. The van der Waals surface area contributed by atoms with Crippen molar-refractivity contribution in [1.29, 1.82) is 0 Å². The van der Waals surface area contributed by atoms with Gasteiger partial charge in [-0.2, -0.15) is 5.10 Å². The Hall–Kier alpha value is -2.99. The summed E-state index contributed by atoms with van der Waals surface area (Å²) in [6.07, 6.45) is 7.27. The molecule has 2 aromatic heterocycles. The summed E-state index contributed by atoms with van der Waals surface area (Å²) in [5.41, 5.74) is 2.94. The maximum Gasteiger partial charge on any atom is 0.253 e. The lowest BCUT2D eigenvalue weighted by molar-refractivity contribution is 0.0628. The number of piperazine rings is 1. The second kappa shape index (κ2) is 7.49. The van der Waals surface area contributed by atoms with E-state index < -0.39 is 0 Å². The first kappa shape index (κ1) is 16.5. The molecular formula is C20H21N5O. The van der Waals surface area contributed by atoms with Crippen LogP contribution in [-0.2, 0) is 6.54 Å². The van der Waals surface area contributed by atoms with Crippen molar-refractivity contribution in [1.82, 2.24) is 24.6 Å². The monoisotopic (exact) mass is 347 g/mol. The van der Waals surface area contributed by atoms with Gasteiger partial charge in [0, 0.05) is 63.1 Å². The molecule has 0 N–H and O–H groups in total. The van der Waals surface area contributed by atoms with Crippen LogP contribution < -0.4 is 0 Å². The second-order valence-electron chi connectivity index (χ2n) is 6.42. The predicted octanol–water partition coefficient (Wildman–Crippen LogP) is 2.23. The fourth-order valence-electron chi connectivity index (χ4n) is 3.22. The lowest BCUT2D eigenvalue weighted by Crippen LogP contribution is -2.48. The molecule has 0 unspecified atom stereocenters. The summed E-state index contributed by atoms with van der Waals surface area (Å²) < 4.78 is 1.78. The number of hydrogen-bond donors (Lipinski definition) is 0. The average molecular weight is 347 g/mol. The zero-order valence-corrected chi connectivity index (χ0v) is 14.5. The number of carbonyl (C=O) groups excluding carboxylic acids is 1.